The van der Waals surface area contributed by atoms with E-state index in [2.05, 4.69) is 5.48 Å². The van der Waals surface area contributed by atoms with Crippen LogP contribution in [0.15, 0.2) is 40.2 Å². The molecule has 6 nitrogen and oxygen atoms in total. The molecular formula is C19H23Cl2N3O3S. The lowest BCUT2D eigenvalue weighted by Gasteiger charge is -2.15. The fraction of sp³-hybridized carbons (Fsp3) is 0.368. The van der Waals surface area contributed by atoms with Crippen molar-refractivity contribution in [3.05, 3.63) is 62.5 Å². The minimum atomic E-state index is -0.390. The lowest BCUT2D eigenvalue weighted by Crippen LogP contribution is -2.32. The maximum Gasteiger partial charge on any atom is 0.277 e. The van der Waals surface area contributed by atoms with E-state index >= 15 is 0 Å². The first-order valence-electron chi connectivity index (χ1n) is 8.69. The number of benzene rings is 1. The van der Waals surface area contributed by atoms with Gasteiger partial charge in [-0.1, -0.05) is 37.6 Å². The number of nitrogens with two attached hydrogens (primary N) is 1. The second kappa shape index (κ2) is 9.80. The van der Waals surface area contributed by atoms with Gasteiger partial charge in [0.1, 0.15) is 0 Å². The predicted molar refractivity (Wildman–Crippen MR) is 114 cm³/mol. The van der Waals surface area contributed by atoms with Gasteiger partial charge in [-0.05, 0) is 23.6 Å². The molecule has 2 heterocycles. The quantitative estimate of drug-likeness (QED) is 0.668. The summed E-state index contributed by atoms with van der Waals surface area (Å²) in [5.41, 5.74) is 10.2. The molecule has 1 aliphatic rings. The minimum absolute atomic E-state index is 0. The van der Waals surface area contributed by atoms with Gasteiger partial charge in [0, 0.05) is 33.5 Å². The molecular weight excluding hydrogens is 421 g/mol. The Bertz CT molecular complexity index is 901. The number of carbonyl (C=O) groups is 1. The van der Waals surface area contributed by atoms with E-state index in [1.54, 1.807) is 18.3 Å². The van der Waals surface area contributed by atoms with E-state index in [0.29, 0.717) is 39.9 Å². The second-order valence-electron chi connectivity index (χ2n) is 6.90. The van der Waals surface area contributed by atoms with Crippen LogP contribution in [0.1, 0.15) is 41.4 Å². The molecule has 1 aromatic carbocycles. The van der Waals surface area contributed by atoms with Crippen LogP contribution in [-0.2, 0) is 11.4 Å². The van der Waals surface area contributed by atoms with Crippen molar-refractivity contribution in [2.75, 3.05) is 12.4 Å². The number of hydroxylamine groups is 1. The topological polar surface area (TPSA) is 86.3 Å². The zero-order chi connectivity index (χ0) is 19.6. The van der Waals surface area contributed by atoms with Gasteiger partial charge < -0.3 is 10.3 Å². The largest absolute Gasteiger partial charge is 0.323 e. The maximum atomic E-state index is 12.9. The first-order valence-corrected chi connectivity index (χ1v) is 10.1. The third-order valence-electron chi connectivity index (χ3n) is 4.14. The van der Waals surface area contributed by atoms with E-state index in [4.69, 9.17) is 22.2 Å². The summed E-state index contributed by atoms with van der Waals surface area (Å²) in [6.07, 6.45) is 1.58. The van der Waals surface area contributed by atoms with Crippen LogP contribution < -0.4 is 16.8 Å². The summed E-state index contributed by atoms with van der Waals surface area (Å²) < 4.78 is 1.52. The van der Waals surface area contributed by atoms with Crippen LogP contribution in [-0.4, -0.2) is 22.8 Å². The number of fused-ring (bicyclic) bond motifs is 1. The molecule has 0 unspecified atom stereocenters. The van der Waals surface area contributed by atoms with Crippen molar-refractivity contribution < 1.29 is 9.63 Å². The molecule has 2 aromatic rings. The van der Waals surface area contributed by atoms with Gasteiger partial charge in [0.25, 0.3) is 11.5 Å². The molecule has 9 heteroatoms. The number of halogens is 2. The zero-order valence-electron chi connectivity index (χ0n) is 15.6. The van der Waals surface area contributed by atoms with Gasteiger partial charge in [-0.3, -0.25) is 14.4 Å². The Kier molecular flexibility index (Phi) is 7.97. The van der Waals surface area contributed by atoms with Crippen LogP contribution in [0, 0.1) is 5.92 Å². The molecule has 3 rings (SSSR count). The summed E-state index contributed by atoms with van der Waals surface area (Å²) in [6.45, 7) is 4.72. The maximum absolute atomic E-state index is 12.9. The highest BCUT2D eigenvalue weighted by Gasteiger charge is 2.30. The average molecular weight is 444 g/mol. The van der Waals surface area contributed by atoms with Crippen LogP contribution in [0.2, 0.25) is 5.02 Å². The molecule has 1 aromatic heterocycles. The SMILES string of the molecule is CC(C)CONC(=O)c1cn(Cc2ccc(Cl)cc2)c(=O)c2c1SC[C@@H]2N.Cl. The van der Waals surface area contributed by atoms with Gasteiger partial charge in [0.05, 0.1) is 18.7 Å². The van der Waals surface area contributed by atoms with Gasteiger partial charge in [0.2, 0.25) is 0 Å². The van der Waals surface area contributed by atoms with E-state index < -0.39 is 6.04 Å². The summed E-state index contributed by atoms with van der Waals surface area (Å²) in [5.74, 6) is 0.485. The summed E-state index contributed by atoms with van der Waals surface area (Å²) in [4.78, 5) is 31.4. The van der Waals surface area contributed by atoms with Gasteiger partial charge in [0.15, 0.2) is 0 Å². The summed E-state index contributed by atoms with van der Waals surface area (Å²) >= 11 is 7.35. The molecule has 152 valence electrons. The summed E-state index contributed by atoms with van der Waals surface area (Å²) in [6, 6.07) is 6.84. The van der Waals surface area contributed by atoms with E-state index in [1.807, 2.05) is 26.0 Å². The predicted octanol–water partition coefficient (Wildman–Crippen LogP) is 3.39. The van der Waals surface area contributed by atoms with Crippen molar-refractivity contribution in [3.63, 3.8) is 0 Å². The molecule has 0 fully saturated rings. The molecule has 1 aliphatic heterocycles. The number of rotatable bonds is 6. The Morgan fingerprint density at radius 3 is 2.71 bits per heavy atom. The zero-order valence-corrected chi connectivity index (χ0v) is 18.0. The number of hydrogen-bond donors (Lipinski definition) is 2. The van der Waals surface area contributed by atoms with Crippen molar-refractivity contribution in [3.8, 4) is 0 Å². The highest BCUT2D eigenvalue weighted by atomic mass is 35.5. The van der Waals surface area contributed by atoms with Gasteiger partial charge >= 0.3 is 0 Å². The summed E-state index contributed by atoms with van der Waals surface area (Å²) in [7, 11) is 0. The van der Waals surface area contributed by atoms with Crippen molar-refractivity contribution in [2.45, 2.75) is 31.3 Å². The number of nitrogens with zero attached hydrogens (tertiary/aromatic N) is 1. The standard InChI is InChI=1S/C19H22ClN3O3S.ClH/c1-11(2)9-26-22-18(24)14-8-23(7-12-3-5-13(20)6-4-12)19(25)16-15(21)10-27-17(14)16;/h3-6,8,11,15H,7,9-10,21H2,1-2H3,(H,22,24);1H/t15-;/m0./s1. The summed E-state index contributed by atoms with van der Waals surface area (Å²) in [5, 5.41) is 0.626. The first kappa shape index (κ1) is 22.8. The van der Waals surface area contributed by atoms with E-state index in [1.165, 1.54) is 16.3 Å². The van der Waals surface area contributed by atoms with Crippen LogP contribution >= 0.6 is 35.8 Å². The normalized spacial score (nSPS) is 15.2. The van der Waals surface area contributed by atoms with Crippen LogP contribution in [0.5, 0.6) is 0 Å². The lowest BCUT2D eigenvalue weighted by atomic mass is 10.1. The number of thioether (sulfide) groups is 1. The van der Waals surface area contributed by atoms with Gasteiger partial charge in [-0.25, -0.2) is 5.48 Å². The Morgan fingerprint density at radius 2 is 2.07 bits per heavy atom. The first-order chi connectivity index (χ1) is 12.9. The van der Waals surface area contributed by atoms with Crippen molar-refractivity contribution in [2.24, 2.45) is 11.7 Å². The molecule has 3 N–H and O–H groups in total. The minimum Gasteiger partial charge on any atom is -0.323 e. The van der Waals surface area contributed by atoms with Crippen LogP contribution in [0.4, 0.5) is 0 Å². The lowest BCUT2D eigenvalue weighted by molar-refractivity contribution is 0.0205. The Hall–Kier alpha value is -1.51. The fourth-order valence-corrected chi connectivity index (χ4v) is 4.14. The molecule has 0 spiro atoms. The molecule has 0 radical (unpaired) electrons. The molecule has 28 heavy (non-hydrogen) atoms. The van der Waals surface area contributed by atoms with Crippen LogP contribution in [0.25, 0.3) is 0 Å². The average Bonchev–Trinajstić information content (AvgIpc) is 3.01. The van der Waals surface area contributed by atoms with Crippen molar-refractivity contribution in [1.82, 2.24) is 10.0 Å². The third-order valence-corrected chi connectivity index (χ3v) is 5.64. The molecule has 0 saturated heterocycles. The Labute approximate surface area is 179 Å². The van der Waals surface area contributed by atoms with Gasteiger partial charge in [-0.15, -0.1) is 24.2 Å². The Balaban J connectivity index is 0.00000280. The van der Waals surface area contributed by atoms with E-state index in [9.17, 15) is 9.59 Å². The number of pyridine rings is 1. The molecule has 1 amide bonds. The van der Waals surface area contributed by atoms with Crippen molar-refractivity contribution in [1.29, 1.82) is 0 Å². The van der Waals surface area contributed by atoms with Crippen LogP contribution in [0.3, 0.4) is 0 Å². The molecule has 0 saturated carbocycles. The van der Waals surface area contributed by atoms with Crippen molar-refractivity contribution >= 4 is 41.7 Å². The number of hydrogen-bond acceptors (Lipinski definition) is 5. The Morgan fingerprint density at radius 1 is 1.39 bits per heavy atom. The molecule has 0 bridgehead atoms. The molecule has 1 atom stereocenters. The smallest absolute Gasteiger partial charge is 0.277 e. The highest BCUT2D eigenvalue weighted by Crippen LogP contribution is 2.37. The van der Waals surface area contributed by atoms with E-state index in [0.717, 1.165) is 5.56 Å². The number of nitrogens with one attached hydrogen (secondary N) is 1. The number of aromatic nitrogens is 1. The third kappa shape index (κ3) is 5.10. The second-order valence-corrected chi connectivity index (χ2v) is 8.37. The highest BCUT2D eigenvalue weighted by molar-refractivity contribution is 7.99. The fourth-order valence-electron chi connectivity index (χ4n) is 2.80. The monoisotopic (exact) mass is 443 g/mol. The number of amides is 1. The molecule has 0 aliphatic carbocycles. The van der Waals surface area contributed by atoms with E-state index in [-0.39, 0.29) is 29.8 Å². The van der Waals surface area contributed by atoms with Gasteiger partial charge in [-0.2, -0.15) is 0 Å². The number of carbonyl (C=O) groups excluding carboxylic acids is 1.